The molecule has 39 heavy (non-hydrogen) atoms. The maximum atomic E-state index is 15.1. The van der Waals surface area contributed by atoms with Gasteiger partial charge in [-0.1, -0.05) is 34.6 Å². The zero-order valence-corrected chi connectivity index (χ0v) is 24.3. The normalized spacial score (nSPS) is 18.2. The highest BCUT2D eigenvalue weighted by molar-refractivity contribution is 7.40. The van der Waals surface area contributed by atoms with E-state index < -0.39 is 50.4 Å². The van der Waals surface area contributed by atoms with E-state index in [9.17, 15) is 19.3 Å². The number of nitrogens with zero attached hydrogens (tertiary/aromatic N) is 4. The quantitative estimate of drug-likeness (QED) is 0.146. The third kappa shape index (κ3) is 8.80. The monoisotopic (exact) mass is 572 g/mol. The fraction of sp³-hybridized carbons (Fsp3) is 0.600. The minimum absolute atomic E-state index is 0.0431. The van der Waals surface area contributed by atoms with Crippen molar-refractivity contribution in [1.29, 1.82) is 5.26 Å². The number of nitriles is 1. The molecule has 2 aromatic rings. The zero-order chi connectivity index (χ0) is 29.5. The molecule has 216 valence electrons. The number of ether oxygens (including phenoxy) is 3. The molecule has 1 aromatic heterocycles. The highest BCUT2D eigenvalue weighted by Gasteiger charge is 2.29. The molecule has 1 saturated heterocycles. The molecule has 0 amide bonds. The Morgan fingerprint density at radius 3 is 2.38 bits per heavy atom. The van der Waals surface area contributed by atoms with Crippen molar-refractivity contribution < 1.29 is 41.7 Å². The lowest BCUT2D eigenvalue weighted by molar-refractivity contribution is -0.0533. The maximum Gasteiger partial charge on any atom is 0.511 e. The van der Waals surface area contributed by atoms with Crippen LogP contribution in [0, 0.1) is 28.4 Å². The Hall–Kier alpha value is -2.91. The van der Waals surface area contributed by atoms with Gasteiger partial charge < -0.3 is 32.7 Å². The molecule has 0 bridgehead atoms. The van der Waals surface area contributed by atoms with Crippen LogP contribution < -0.4 is 0 Å². The van der Waals surface area contributed by atoms with Gasteiger partial charge in [-0.3, -0.25) is 0 Å². The van der Waals surface area contributed by atoms with Crippen LogP contribution in [-0.4, -0.2) is 52.6 Å². The highest BCUT2D eigenvalue weighted by atomic mass is 31.2. The molecule has 0 saturated carbocycles. The Balaban J connectivity index is 0.00000260. The maximum absolute atomic E-state index is 15.1. The SMILES string of the molecule is CC.CC(C)(C)C/C(=N/c1nc2c(F)cc(C#N)c(F)c2n1C(C)(C)C)OCOC(=O)OC1COP(O)OC1. The van der Waals surface area contributed by atoms with Crippen LogP contribution in [0.3, 0.4) is 0 Å². The van der Waals surface area contributed by atoms with E-state index in [4.69, 9.17) is 23.3 Å². The van der Waals surface area contributed by atoms with Gasteiger partial charge in [0.2, 0.25) is 12.7 Å². The number of rotatable bonds is 5. The van der Waals surface area contributed by atoms with E-state index in [0.29, 0.717) is 0 Å². The molecule has 1 fully saturated rings. The number of benzene rings is 1. The van der Waals surface area contributed by atoms with Gasteiger partial charge in [0.15, 0.2) is 23.6 Å². The van der Waals surface area contributed by atoms with Crippen LogP contribution in [0.4, 0.5) is 19.5 Å². The molecule has 0 spiro atoms. The second-order valence-electron chi connectivity index (χ2n) is 10.4. The van der Waals surface area contributed by atoms with Crippen LogP contribution in [0.15, 0.2) is 11.1 Å². The molecule has 0 unspecified atom stereocenters. The van der Waals surface area contributed by atoms with Gasteiger partial charge in [0.1, 0.15) is 17.1 Å². The summed E-state index contributed by atoms with van der Waals surface area (Å²) >= 11 is 0. The topological polar surface area (TPSA) is 137 Å². The molecule has 1 aliphatic rings. The number of hydrogen-bond donors (Lipinski definition) is 1. The summed E-state index contributed by atoms with van der Waals surface area (Å²) in [5.41, 5.74) is -2.05. The summed E-state index contributed by atoms with van der Waals surface area (Å²) in [6, 6.07) is 2.45. The van der Waals surface area contributed by atoms with Gasteiger partial charge in [-0.2, -0.15) is 10.3 Å². The first kappa shape index (κ1) is 32.3. The van der Waals surface area contributed by atoms with Crippen molar-refractivity contribution in [3.8, 4) is 6.07 Å². The first-order valence-corrected chi connectivity index (χ1v) is 13.4. The van der Waals surface area contributed by atoms with Gasteiger partial charge in [-0.05, 0) is 32.3 Å². The van der Waals surface area contributed by atoms with Gasteiger partial charge in [0.25, 0.3) is 0 Å². The number of hydrogen-bond acceptors (Lipinski definition) is 10. The second-order valence-corrected chi connectivity index (χ2v) is 11.4. The largest absolute Gasteiger partial charge is 0.511 e. The van der Waals surface area contributed by atoms with E-state index >= 15 is 4.39 Å². The van der Waals surface area contributed by atoms with Crippen LogP contribution in [-0.2, 0) is 28.8 Å². The summed E-state index contributed by atoms with van der Waals surface area (Å²) in [5.74, 6) is -1.72. The van der Waals surface area contributed by atoms with Gasteiger partial charge in [-0.15, -0.1) is 0 Å². The number of halogens is 2. The summed E-state index contributed by atoms with van der Waals surface area (Å²) in [4.78, 5) is 29.8. The molecule has 1 N–H and O–H groups in total. The number of carbonyl (C=O) groups is 1. The van der Waals surface area contributed by atoms with Crippen LogP contribution in [0.5, 0.6) is 0 Å². The van der Waals surface area contributed by atoms with Gasteiger partial charge in [0, 0.05) is 12.0 Å². The predicted octanol–water partition coefficient (Wildman–Crippen LogP) is 6.20. The van der Waals surface area contributed by atoms with Crippen LogP contribution in [0.1, 0.15) is 67.4 Å². The number of aromatic nitrogens is 2. The Labute approximate surface area is 227 Å². The Bertz CT molecular complexity index is 1220. The van der Waals surface area contributed by atoms with Gasteiger partial charge in [-0.25, -0.2) is 18.6 Å². The average molecular weight is 573 g/mol. The fourth-order valence-corrected chi connectivity index (χ4v) is 4.07. The summed E-state index contributed by atoms with van der Waals surface area (Å²) in [6.07, 6.45) is -1.54. The molecule has 3 rings (SSSR count). The summed E-state index contributed by atoms with van der Waals surface area (Å²) in [5, 5.41) is 9.22. The molecule has 1 aliphatic heterocycles. The minimum Gasteiger partial charge on any atom is -0.444 e. The molecule has 0 atom stereocenters. The van der Waals surface area contributed by atoms with E-state index in [1.54, 1.807) is 26.8 Å². The van der Waals surface area contributed by atoms with Crippen molar-refractivity contribution in [3.63, 3.8) is 0 Å². The number of carbonyl (C=O) groups excluding carboxylic acids is 1. The van der Waals surface area contributed by atoms with Crippen LogP contribution in [0.25, 0.3) is 11.0 Å². The Morgan fingerprint density at radius 1 is 1.23 bits per heavy atom. The molecular weight excluding hydrogens is 537 g/mol. The van der Waals surface area contributed by atoms with E-state index in [-0.39, 0.29) is 47.9 Å². The lowest BCUT2D eigenvalue weighted by Gasteiger charge is -2.25. The molecule has 2 heterocycles. The molecular formula is C25H35F2N4O7P. The fourth-order valence-electron chi connectivity index (χ4n) is 3.41. The minimum atomic E-state index is -1.97. The number of imidazole rings is 1. The van der Waals surface area contributed by atoms with Crippen molar-refractivity contribution >= 4 is 37.6 Å². The van der Waals surface area contributed by atoms with Gasteiger partial charge >= 0.3 is 14.8 Å². The first-order valence-electron chi connectivity index (χ1n) is 12.3. The lowest BCUT2D eigenvalue weighted by atomic mass is 9.92. The molecule has 14 heteroatoms. The standard InChI is InChI=1S/C23H29F2N4O7P.C2H6/c1-22(2,3)8-16(32-12-33-21(30)36-14-10-34-37(31)35-11-14)27-20-28-18-15(24)7-13(9-26)17(25)19(18)29(20)23(4,5)6;1-2/h7,14,31H,8,10-12H2,1-6H3;1-2H3/b27-16-;. The first-order chi connectivity index (χ1) is 18.2. The summed E-state index contributed by atoms with van der Waals surface area (Å²) in [6.45, 7) is 14.4. The molecule has 1 aromatic carbocycles. The Morgan fingerprint density at radius 2 is 1.85 bits per heavy atom. The number of aliphatic imine (C=N–C) groups is 1. The van der Waals surface area contributed by atoms with Gasteiger partial charge in [0.05, 0.1) is 18.8 Å². The van der Waals surface area contributed by atoms with Crippen molar-refractivity contribution in [3.05, 3.63) is 23.3 Å². The highest BCUT2D eigenvalue weighted by Crippen LogP contribution is 2.37. The van der Waals surface area contributed by atoms with Crippen molar-refractivity contribution in [2.24, 2.45) is 10.4 Å². The molecule has 0 radical (unpaired) electrons. The average Bonchev–Trinajstić information content (AvgIpc) is 3.23. The lowest BCUT2D eigenvalue weighted by Crippen LogP contribution is -2.31. The van der Waals surface area contributed by atoms with E-state index in [1.165, 1.54) is 4.57 Å². The van der Waals surface area contributed by atoms with Crippen LogP contribution >= 0.6 is 8.60 Å². The van der Waals surface area contributed by atoms with E-state index in [1.807, 2.05) is 34.6 Å². The van der Waals surface area contributed by atoms with Crippen molar-refractivity contribution in [2.75, 3.05) is 20.0 Å². The predicted molar refractivity (Wildman–Crippen MR) is 140 cm³/mol. The number of fused-ring (bicyclic) bond motifs is 1. The molecule has 0 aliphatic carbocycles. The zero-order valence-electron chi connectivity index (χ0n) is 23.4. The third-order valence-corrected chi connectivity index (χ3v) is 5.65. The summed E-state index contributed by atoms with van der Waals surface area (Å²) in [7, 11) is -1.97. The van der Waals surface area contributed by atoms with Crippen molar-refractivity contribution in [1.82, 2.24) is 9.55 Å². The smallest absolute Gasteiger partial charge is 0.444 e. The Kier molecular flexibility index (Phi) is 11.1. The third-order valence-electron chi connectivity index (χ3n) is 4.91. The second kappa shape index (κ2) is 13.4. The van der Waals surface area contributed by atoms with E-state index in [0.717, 1.165) is 6.07 Å². The van der Waals surface area contributed by atoms with Crippen LogP contribution in [0.2, 0.25) is 0 Å². The molecule has 11 nitrogen and oxygen atoms in total. The summed E-state index contributed by atoms with van der Waals surface area (Å²) < 4.78 is 56.6. The van der Waals surface area contributed by atoms with E-state index in [2.05, 4.69) is 9.98 Å². The van der Waals surface area contributed by atoms with Crippen molar-refractivity contribution in [2.45, 2.75) is 73.5 Å².